The molecular formula is C26H35N5O4S. The highest BCUT2D eigenvalue weighted by molar-refractivity contribution is 7.91. The van der Waals surface area contributed by atoms with E-state index in [0.717, 1.165) is 38.3 Å². The molecule has 2 atom stereocenters. The van der Waals surface area contributed by atoms with Crippen LogP contribution in [0.3, 0.4) is 0 Å². The van der Waals surface area contributed by atoms with Crippen molar-refractivity contribution in [2.45, 2.75) is 23.8 Å². The van der Waals surface area contributed by atoms with E-state index in [1.54, 1.807) is 30.3 Å². The number of hydrogen-bond acceptors (Lipinski definition) is 7. The highest BCUT2D eigenvalue weighted by atomic mass is 32.2. The maximum Gasteiger partial charge on any atom is 0.317 e. The Hall–Kier alpha value is -2.95. The van der Waals surface area contributed by atoms with E-state index in [-0.39, 0.29) is 30.1 Å². The quantitative estimate of drug-likeness (QED) is 0.341. The summed E-state index contributed by atoms with van der Waals surface area (Å²) in [6.45, 7) is 4.70. The first-order valence-electron chi connectivity index (χ1n) is 12.4. The van der Waals surface area contributed by atoms with Crippen LogP contribution in [0.25, 0.3) is 0 Å². The van der Waals surface area contributed by atoms with Gasteiger partial charge >= 0.3 is 5.97 Å². The van der Waals surface area contributed by atoms with Crippen LogP contribution in [-0.4, -0.2) is 92.7 Å². The van der Waals surface area contributed by atoms with Gasteiger partial charge in [0.05, 0.1) is 17.2 Å². The maximum absolute atomic E-state index is 12.9. The minimum atomic E-state index is -3.39. The van der Waals surface area contributed by atoms with Crippen LogP contribution in [0.5, 0.6) is 0 Å². The fourth-order valence-corrected chi connectivity index (χ4v) is 6.83. The molecule has 2 heterocycles. The number of nitrogens with two attached hydrogens (primary N) is 1. The molecule has 2 saturated heterocycles. The van der Waals surface area contributed by atoms with Crippen LogP contribution < -0.4 is 10.6 Å². The minimum Gasteiger partial charge on any atom is -0.480 e. The molecule has 4 N–H and O–H groups in total. The zero-order chi connectivity index (χ0) is 25.7. The summed E-state index contributed by atoms with van der Waals surface area (Å²) in [5.74, 6) is -0.658. The van der Waals surface area contributed by atoms with E-state index in [9.17, 15) is 18.3 Å². The second-order valence-corrected chi connectivity index (χ2v) is 11.8. The molecule has 0 aromatic heterocycles. The van der Waals surface area contributed by atoms with Gasteiger partial charge in [-0.25, -0.2) is 8.42 Å². The van der Waals surface area contributed by atoms with Crippen molar-refractivity contribution in [2.75, 3.05) is 56.5 Å². The van der Waals surface area contributed by atoms with Crippen molar-refractivity contribution in [3.05, 3.63) is 60.2 Å². The number of benzene rings is 2. The van der Waals surface area contributed by atoms with Gasteiger partial charge in [0, 0.05) is 56.6 Å². The number of likely N-dealkylation sites (tertiary alicyclic amines) is 1. The number of sulfone groups is 1. The monoisotopic (exact) mass is 513 g/mol. The van der Waals surface area contributed by atoms with Crippen molar-refractivity contribution in [1.82, 2.24) is 9.80 Å². The second-order valence-electron chi connectivity index (χ2n) is 9.65. The van der Waals surface area contributed by atoms with Crippen molar-refractivity contribution >= 4 is 27.3 Å². The first kappa shape index (κ1) is 26.1. The van der Waals surface area contributed by atoms with Crippen LogP contribution in [0.15, 0.2) is 59.5 Å². The van der Waals surface area contributed by atoms with E-state index in [1.807, 2.05) is 29.2 Å². The van der Waals surface area contributed by atoms with Crippen LogP contribution in [0.2, 0.25) is 0 Å². The molecule has 0 amide bonds. The molecule has 2 unspecified atom stereocenters. The molecule has 0 aliphatic carbocycles. The van der Waals surface area contributed by atoms with E-state index < -0.39 is 15.8 Å². The van der Waals surface area contributed by atoms with Gasteiger partial charge in [-0.3, -0.25) is 20.0 Å². The fourth-order valence-electron chi connectivity index (χ4n) is 5.41. The van der Waals surface area contributed by atoms with Crippen molar-refractivity contribution in [3.63, 3.8) is 0 Å². The molecule has 2 aliphatic heterocycles. The Bertz CT molecular complexity index is 1150. The average molecular weight is 514 g/mol. The summed E-state index contributed by atoms with van der Waals surface area (Å²) in [6.07, 6.45) is 1.33. The number of piperazine rings is 1. The highest BCUT2D eigenvalue weighted by Crippen LogP contribution is 2.28. The predicted octanol–water partition coefficient (Wildman–Crippen LogP) is 1.73. The van der Waals surface area contributed by atoms with E-state index in [0.29, 0.717) is 30.0 Å². The molecule has 9 nitrogen and oxygen atoms in total. The number of rotatable bonds is 9. The lowest BCUT2D eigenvalue weighted by Gasteiger charge is -2.47. The van der Waals surface area contributed by atoms with Gasteiger partial charge in [0.1, 0.15) is 5.84 Å². The van der Waals surface area contributed by atoms with E-state index in [2.05, 4.69) is 9.80 Å². The van der Waals surface area contributed by atoms with Crippen LogP contribution in [-0.2, 0) is 14.6 Å². The van der Waals surface area contributed by atoms with Gasteiger partial charge in [-0.05, 0) is 55.2 Å². The second kappa shape index (κ2) is 11.4. The number of carboxylic acids is 1. The standard InChI is InChI=1S/C26H35N5O4S/c27-26(28)20-6-8-22(9-7-20)30-13-15-31(16-14-30)24-10-12-29(19-25(32)33)18-21(24)11-17-36(34,35)23-4-2-1-3-5-23/h1-9,21,24H,10-19H2,(H3,27,28)(H,32,33). The number of anilines is 1. The Kier molecular flexibility index (Phi) is 8.28. The Balaban J connectivity index is 1.41. The van der Waals surface area contributed by atoms with Gasteiger partial charge in [-0.1, -0.05) is 18.2 Å². The predicted molar refractivity (Wildman–Crippen MR) is 140 cm³/mol. The molecule has 2 aromatic rings. The van der Waals surface area contributed by atoms with Crippen molar-refractivity contribution < 1.29 is 18.3 Å². The third-order valence-electron chi connectivity index (χ3n) is 7.32. The molecule has 2 aliphatic rings. The first-order valence-corrected chi connectivity index (χ1v) is 14.0. The molecule has 10 heteroatoms. The van der Waals surface area contributed by atoms with E-state index in [1.165, 1.54) is 0 Å². The first-order chi connectivity index (χ1) is 17.2. The summed E-state index contributed by atoms with van der Waals surface area (Å²) in [5, 5.41) is 16.9. The number of carboxylic acid groups (broad SMARTS) is 1. The Morgan fingerprint density at radius 1 is 1.00 bits per heavy atom. The normalized spacial score (nSPS) is 21.8. The number of piperidine rings is 1. The lowest BCUT2D eigenvalue weighted by molar-refractivity contribution is -0.139. The molecule has 0 radical (unpaired) electrons. The number of carbonyl (C=O) groups is 1. The highest BCUT2D eigenvalue weighted by Gasteiger charge is 2.36. The SMILES string of the molecule is N=C(N)c1ccc(N2CCN(C3CCN(CC(=O)O)CC3CCS(=O)(=O)c3ccccc3)CC2)cc1. The molecular weight excluding hydrogens is 478 g/mol. The molecule has 2 aromatic carbocycles. The zero-order valence-electron chi connectivity index (χ0n) is 20.4. The van der Waals surface area contributed by atoms with Gasteiger partial charge in [0.15, 0.2) is 9.84 Å². The Labute approximate surface area is 212 Å². The summed E-state index contributed by atoms with van der Waals surface area (Å²) in [5.41, 5.74) is 7.37. The third kappa shape index (κ3) is 6.43. The summed E-state index contributed by atoms with van der Waals surface area (Å²) in [4.78, 5) is 18.4. The number of nitrogen functional groups attached to an aromatic ring is 1. The van der Waals surface area contributed by atoms with Gasteiger partial charge in [0.25, 0.3) is 0 Å². The maximum atomic E-state index is 12.9. The van der Waals surface area contributed by atoms with Crippen molar-refractivity contribution in [3.8, 4) is 0 Å². The molecule has 0 saturated carbocycles. The van der Waals surface area contributed by atoms with Gasteiger partial charge < -0.3 is 15.7 Å². The van der Waals surface area contributed by atoms with Gasteiger partial charge in [-0.15, -0.1) is 0 Å². The van der Waals surface area contributed by atoms with Crippen molar-refractivity contribution in [2.24, 2.45) is 11.7 Å². The number of amidine groups is 1. The summed E-state index contributed by atoms with van der Waals surface area (Å²) in [6, 6.07) is 16.5. The average Bonchev–Trinajstić information content (AvgIpc) is 2.88. The topological polar surface area (TPSA) is 131 Å². The van der Waals surface area contributed by atoms with Crippen molar-refractivity contribution in [1.29, 1.82) is 5.41 Å². The third-order valence-corrected chi connectivity index (χ3v) is 9.09. The van der Waals surface area contributed by atoms with Crippen LogP contribution in [0, 0.1) is 11.3 Å². The van der Waals surface area contributed by atoms with E-state index in [4.69, 9.17) is 11.1 Å². The summed E-state index contributed by atoms with van der Waals surface area (Å²) in [7, 11) is -3.39. The lowest BCUT2D eigenvalue weighted by Crippen LogP contribution is -2.57. The van der Waals surface area contributed by atoms with Gasteiger partial charge in [0.2, 0.25) is 0 Å². The largest absolute Gasteiger partial charge is 0.480 e. The van der Waals surface area contributed by atoms with Crippen LogP contribution in [0.4, 0.5) is 5.69 Å². The summed E-state index contributed by atoms with van der Waals surface area (Å²) < 4.78 is 25.9. The van der Waals surface area contributed by atoms with Crippen LogP contribution >= 0.6 is 0 Å². The molecule has 2 fully saturated rings. The molecule has 36 heavy (non-hydrogen) atoms. The smallest absolute Gasteiger partial charge is 0.317 e. The number of nitrogens with one attached hydrogen (secondary N) is 1. The van der Waals surface area contributed by atoms with E-state index >= 15 is 0 Å². The molecule has 194 valence electrons. The number of hydrogen-bond donors (Lipinski definition) is 3. The minimum absolute atomic E-state index is 0.0152. The molecule has 4 rings (SSSR count). The summed E-state index contributed by atoms with van der Waals surface area (Å²) >= 11 is 0. The number of nitrogens with zero attached hydrogens (tertiary/aromatic N) is 3. The molecule has 0 spiro atoms. The number of aliphatic carboxylic acids is 1. The fraction of sp³-hybridized carbons (Fsp3) is 0.462. The molecule has 0 bridgehead atoms. The Morgan fingerprint density at radius 2 is 1.67 bits per heavy atom. The van der Waals surface area contributed by atoms with Crippen LogP contribution in [0.1, 0.15) is 18.4 Å². The van der Waals surface area contributed by atoms with Gasteiger partial charge in [-0.2, -0.15) is 0 Å². The zero-order valence-corrected chi connectivity index (χ0v) is 21.2. The lowest BCUT2D eigenvalue weighted by atomic mass is 9.88. The Morgan fingerprint density at radius 3 is 2.28 bits per heavy atom.